The molecule has 1 aliphatic rings. The Kier molecular flexibility index (Phi) is 7.40. The number of carbonyl (C=O) groups is 1. The van der Waals surface area contributed by atoms with Gasteiger partial charge in [0.25, 0.3) is 0 Å². The molecule has 0 spiro atoms. The van der Waals surface area contributed by atoms with Crippen LogP contribution in [0.4, 0.5) is 18.0 Å². The number of halogens is 3. The number of aromatic nitrogens is 4. The quantitative estimate of drug-likeness (QED) is 0.218. The van der Waals surface area contributed by atoms with Crippen molar-refractivity contribution in [3.63, 3.8) is 0 Å². The van der Waals surface area contributed by atoms with Gasteiger partial charge in [0, 0.05) is 16.6 Å². The van der Waals surface area contributed by atoms with E-state index in [1.165, 1.54) is 52.2 Å². The van der Waals surface area contributed by atoms with Gasteiger partial charge in [0.15, 0.2) is 10.6 Å². The second-order valence-corrected chi connectivity index (χ2v) is 11.8. The fraction of sp³-hybridized carbons (Fsp3) is 0.250. The number of carbonyl (C=O) groups excluding carboxylic acids is 1. The molecule has 2 aromatic heterocycles. The number of rotatable bonds is 6. The number of hydrogen-bond donors (Lipinski definition) is 1. The fourth-order valence-corrected chi connectivity index (χ4v) is 6.31. The van der Waals surface area contributed by atoms with Crippen molar-refractivity contribution in [3.05, 3.63) is 105 Å². The Balaban J connectivity index is 1.18. The van der Waals surface area contributed by atoms with Gasteiger partial charge in [-0.3, -0.25) is 4.57 Å². The summed E-state index contributed by atoms with van der Waals surface area (Å²) in [7, 11) is 0. The molecule has 0 radical (unpaired) electrons. The lowest BCUT2D eigenvalue weighted by Gasteiger charge is -2.17. The molecule has 1 saturated carbocycles. The standard InChI is InChI=1S/C32H29F3N6O2S/c1-19-15-20(2)27(21(3)16-19)41-22(4)17-44-30(41)37-29(42)38-31(13-14-31)24-7-5-23(6-8-24)28-36-18-40(39-28)25-9-11-26(12-10-25)43-32(33,34)35/h5-12,15-18H,13-14H2,1-4H3,(H,38,42). The van der Waals surface area contributed by atoms with Gasteiger partial charge >= 0.3 is 12.4 Å². The van der Waals surface area contributed by atoms with E-state index in [1.807, 2.05) is 41.1 Å². The van der Waals surface area contributed by atoms with Crippen LogP contribution in [0.15, 0.2) is 77.4 Å². The molecular formula is C32H29F3N6O2S. The molecule has 1 aliphatic carbocycles. The first-order chi connectivity index (χ1) is 20.9. The molecule has 3 aromatic carbocycles. The molecule has 2 amide bonds. The Morgan fingerprint density at radius 1 is 1.00 bits per heavy atom. The van der Waals surface area contributed by atoms with Gasteiger partial charge in [-0.1, -0.05) is 42.0 Å². The van der Waals surface area contributed by atoms with Crippen LogP contribution < -0.4 is 14.9 Å². The highest BCUT2D eigenvalue weighted by atomic mass is 32.1. The van der Waals surface area contributed by atoms with Crippen molar-refractivity contribution in [2.75, 3.05) is 0 Å². The first kappa shape index (κ1) is 29.4. The summed E-state index contributed by atoms with van der Waals surface area (Å²) >= 11 is 1.43. The number of aryl methyl sites for hydroxylation is 4. The molecule has 12 heteroatoms. The molecule has 226 valence electrons. The number of hydrogen-bond acceptors (Lipinski definition) is 5. The predicted octanol–water partition coefficient (Wildman–Crippen LogP) is 7.22. The van der Waals surface area contributed by atoms with Crippen LogP contribution in [-0.4, -0.2) is 31.7 Å². The first-order valence-electron chi connectivity index (χ1n) is 13.9. The molecule has 8 nitrogen and oxygen atoms in total. The van der Waals surface area contributed by atoms with E-state index in [1.54, 1.807) is 0 Å². The lowest BCUT2D eigenvalue weighted by Crippen LogP contribution is -2.34. The molecule has 0 atom stereocenters. The minimum atomic E-state index is -4.75. The third-order valence-corrected chi connectivity index (χ3v) is 8.50. The third kappa shape index (κ3) is 6.02. The number of benzene rings is 3. The highest BCUT2D eigenvalue weighted by Crippen LogP contribution is 2.45. The van der Waals surface area contributed by atoms with E-state index in [-0.39, 0.29) is 5.75 Å². The Hall–Kier alpha value is -4.71. The number of urea groups is 1. The van der Waals surface area contributed by atoms with E-state index in [0.29, 0.717) is 16.3 Å². The Morgan fingerprint density at radius 3 is 2.27 bits per heavy atom. The maximum atomic E-state index is 13.2. The molecule has 0 unspecified atom stereocenters. The van der Waals surface area contributed by atoms with Gasteiger partial charge in [-0.05, 0) is 81.5 Å². The number of thiazole rings is 1. The molecule has 1 N–H and O–H groups in total. The smallest absolute Gasteiger partial charge is 0.406 e. The molecule has 0 aliphatic heterocycles. The van der Waals surface area contributed by atoms with Gasteiger partial charge in [-0.15, -0.1) is 29.6 Å². The summed E-state index contributed by atoms with van der Waals surface area (Å²) in [5.41, 5.74) is 7.26. The number of ether oxygens (including phenoxy) is 1. The zero-order valence-electron chi connectivity index (χ0n) is 24.4. The van der Waals surface area contributed by atoms with Crippen LogP contribution in [0.25, 0.3) is 22.8 Å². The van der Waals surface area contributed by atoms with Gasteiger partial charge in [-0.2, -0.15) is 4.99 Å². The van der Waals surface area contributed by atoms with Crippen LogP contribution in [0.3, 0.4) is 0 Å². The summed E-state index contributed by atoms with van der Waals surface area (Å²) in [5.74, 6) is 0.141. The average Bonchev–Trinajstić information content (AvgIpc) is 3.40. The maximum Gasteiger partial charge on any atom is 0.573 e. The summed E-state index contributed by atoms with van der Waals surface area (Å²) in [6, 6.07) is 16.9. The molecule has 0 bridgehead atoms. The average molecular weight is 619 g/mol. The van der Waals surface area contributed by atoms with E-state index in [0.717, 1.165) is 46.5 Å². The molecule has 1 fully saturated rings. The third-order valence-electron chi connectivity index (χ3n) is 7.55. The maximum absolute atomic E-state index is 13.2. The monoisotopic (exact) mass is 618 g/mol. The number of nitrogens with zero attached hydrogens (tertiary/aromatic N) is 5. The Morgan fingerprint density at radius 2 is 1.66 bits per heavy atom. The number of amides is 2. The minimum Gasteiger partial charge on any atom is -0.406 e. The lowest BCUT2D eigenvalue weighted by atomic mass is 10.0. The largest absolute Gasteiger partial charge is 0.573 e. The SMILES string of the molecule is Cc1cc(C)c(-n2c(C)csc2=NC(=O)NC2(c3ccc(-c4ncn(-c5ccc(OC(F)(F)F)cc5)n4)cc3)CC2)c(C)c1. The second kappa shape index (κ2) is 11.1. The van der Waals surface area contributed by atoms with E-state index in [2.05, 4.69) is 58.0 Å². The van der Waals surface area contributed by atoms with Crippen molar-refractivity contribution in [2.45, 2.75) is 52.4 Å². The van der Waals surface area contributed by atoms with Crippen molar-refractivity contribution < 1.29 is 22.7 Å². The van der Waals surface area contributed by atoms with Crippen molar-refractivity contribution >= 4 is 17.4 Å². The van der Waals surface area contributed by atoms with E-state index in [9.17, 15) is 18.0 Å². The zero-order chi connectivity index (χ0) is 31.2. The summed E-state index contributed by atoms with van der Waals surface area (Å²) in [6.45, 7) is 8.22. The van der Waals surface area contributed by atoms with Gasteiger partial charge < -0.3 is 10.1 Å². The van der Waals surface area contributed by atoms with Gasteiger partial charge in [0.2, 0.25) is 0 Å². The van der Waals surface area contributed by atoms with Crippen LogP contribution >= 0.6 is 11.3 Å². The molecule has 44 heavy (non-hydrogen) atoms. The topological polar surface area (TPSA) is 86.3 Å². The normalized spacial score (nSPS) is 14.5. The predicted molar refractivity (Wildman–Crippen MR) is 161 cm³/mol. The molecule has 2 heterocycles. The highest BCUT2D eigenvalue weighted by Gasteiger charge is 2.45. The van der Waals surface area contributed by atoms with Gasteiger partial charge in [0.1, 0.15) is 12.1 Å². The van der Waals surface area contributed by atoms with Crippen LogP contribution in [0, 0.1) is 27.7 Å². The summed E-state index contributed by atoms with van der Waals surface area (Å²) < 4.78 is 44.8. The number of alkyl halides is 3. The molecule has 6 rings (SSSR count). The van der Waals surface area contributed by atoms with Crippen molar-refractivity contribution in [1.82, 2.24) is 24.6 Å². The Labute approximate surface area is 255 Å². The van der Waals surface area contributed by atoms with Crippen LogP contribution in [0.5, 0.6) is 5.75 Å². The summed E-state index contributed by atoms with van der Waals surface area (Å²) in [5, 5.41) is 9.60. The van der Waals surface area contributed by atoms with E-state index in [4.69, 9.17) is 0 Å². The highest BCUT2D eigenvalue weighted by molar-refractivity contribution is 7.07. The van der Waals surface area contributed by atoms with E-state index < -0.39 is 17.9 Å². The minimum absolute atomic E-state index is 0.313. The first-order valence-corrected chi connectivity index (χ1v) is 14.8. The lowest BCUT2D eigenvalue weighted by molar-refractivity contribution is -0.274. The van der Waals surface area contributed by atoms with Gasteiger partial charge in [-0.25, -0.2) is 14.5 Å². The molecule has 5 aromatic rings. The van der Waals surface area contributed by atoms with Crippen molar-refractivity contribution in [2.24, 2.45) is 4.99 Å². The molecule has 0 saturated heterocycles. The van der Waals surface area contributed by atoms with Crippen molar-refractivity contribution in [1.29, 1.82) is 0 Å². The summed E-state index contributed by atoms with van der Waals surface area (Å²) in [4.78, 5) is 22.6. The van der Waals surface area contributed by atoms with Gasteiger partial charge in [0.05, 0.1) is 16.9 Å². The summed E-state index contributed by atoms with van der Waals surface area (Å²) in [6.07, 6.45) is -1.66. The molecular weight excluding hydrogens is 589 g/mol. The second-order valence-electron chi connectivity index (χ2n) is 11.0. The van der Waals surface area contributed by atoms with Crippen LogP contribution in [0.2, 0.25) is 0 Å². The van der Waals surface area contributed by atoms with Crippen LogP contribution in [-0.2, 0) is 5.54 Å². The van der Waals surface area contributed by atoms with E-state index >= 15 is 0 Å². The zero-order valence-corrected chi connectivity index (χ0v) is 25.3. The van der Waals surface area contributed by atoms with Crippen LogP contribution in [0.1, 0.15) is 40.8 Å². The Bertz CT molecular complexity index is 1890. The van der Waals surface area contributed by atoms with Crippen molar-refractivity contribution in [3.8, 4) is 28.5 Å². The number of nitrogens with one attached hydrogen (secondary N) is 1. The fourth-order valence-electron chi connectivity index (χ4n) is 5.46.